The Balaban J connectivity index is 2.47. The van der Waals surface area contributed by atoms with Crippen LogP contribution in [0, 0.1) is 5.92 Å². The van der Waals surface area contributed by atoms with Gasteiger partial charge in [-0.25, -0.2) is 0 Å². The van der Waals surface area contributed by atoms with Gasteiger partial charge in [0.05, 0.1) is 6.10 Å². The van der Waals surface area contributed by atoms with E-state index in [9.17, 15) is 0 Å². The SMILES string of the molecule is COC(OC)[C@@H]1CCC[C@H]1OC. The fourth-order valence-corrected chi connectivity index (χ4v) is 2.00. The Hall–Kier alpha value is -0.120. The van der Waals surface area contributed by atoms with Crippen LogP contribution in [0.5, 0.6) is 0 Å². The lowest BCUT2D eigenvalue weighted by atomic mass is 10.1. The number of hydrogen-bond donors (Lipinski definition) is 0. The molecule has 12 heavy (non-hydrogen) atoms. The molecular formula is C9H18O3. The van der Waals surface area contributed by atoms with Gasteiger partial charge in [-0.15, -0.1) is 0 Å². The summed E-state index contributed by atoms with van der Waals surface area (Å²) in [7, 11) is 5.11. The smallest absolute Gasteiger partial charge is 0.162 e. The standard InChI is InChI=1S/C9H18O3/c1-10-8-6-4-5-7(8)9(11-2)12-3/h7-9H,4-6H2,1-3H3/t7-,8-/m1/s1. The summed E-state index contributed by atoms with van der Waals surface area (Å²) in [5.74, 6) is 0.407. The van der Waals surface area contributed by atoms with Crippen molar-refractivity contribution in [3.05, 3.63) is 0 Å². The lowest BCUT2D eigenvalue weighted by molar-refractivity contribution is -0.158. The van der Waals surface area contributed by atoms with E-state index in [1.807, 2.05) is 0 Å². The van der Waals surface area contributed by atoms with Gasteiger partial charge >= 0.3 is 0 Å². The summed E-state index contributed by atoms with van der Waals surface area (Å²) in [6.07, 6.45) is 3.70. The van der Waals surface area contributed by atoms with E-state index in [0.717, 1.165) is 12.8 Å². The summed E-state index contributed by atoms with van der Waals surface area (Å²) >= 11 is 0. The molecule has 0 aromatic heterocycles. The first kappa shape index (κ1) is 9.96. The topological polar surface area (TPSA) is 27.7 Å². The van der Waals surface area contributed by atoms with Crippen LogP contribution < -0.4 is 0 Å². The molecule has 1 fully saturated rings. The van der Waals surface area contributed by atoms with Crippen LogP contribution in [-0.2, 0) is 14.2 Å². The average Bonchev–Trinajstić information content (AvgIpc) is 2.55. The molecule has 2 atom stereocenters. The van der Waals surface area contributed by atoms with Crippen LogP contribution >= 0.6 is 0 Å². The van der Waals surface area contributed by atoms with E-state index in [-0.39, 0.29) is 6.29 Å². The maximum Gasteiger partial charge on any atom is 0.162 e. The molecule has 0 amide bonds. The summed E-state index contributed by atoms with van der Waals surface area (Å²) in [6.45, 7) is 0. The number of rotatable bonds is 4. The van der Waals surface area contributed by atoms with Crippen molar-refractivity contribution >= 4 is 0 Å². The van der Waals surface area contributed by atoms with Gasteiger partial charge in [-0.05, 0) is 12.8 Å². The Bertz CT molecular complexity index is 123. The molecule has 0 aromatic carbocycles. The molecule has 1 aliphatic carbocycles. The van der Waals surface area contributed by atoms with Crippen molar-refractivity contribution in [2.24, 2.45) is 5.92 Å². The molecule has 0 aliphatic heterocycles. The minimum absolute atomic E-state index is 0.0996. The zero-order chi connectivity index (χ0) is 8.97. The minimum Gasteiger partial charge on any atom is -0.381 e. The summed E-state index contributed by atoms with van der Waals surface area (Å²) in [6, 6.07) is 0. The first-order valence-corrected chi connectivity index (χ1v) is 4.42. The van der Waals surface area contributed by atoms with E-state index in [1.165, 1.54) is 6.42 Å². The van der Waals surface area contributed by atoms with Gasteiger partial charge in [-0.3, -0.25) is 0 Å². The fourth-order valence-electron chi connectivity index (χ4n) is 2.00. The summed E-state index contributed by atoms with van der Waals surface area (Å²) in [5.41, 5.74) is 0. The largest absolute Gasteiger partial charge is 0.381 e. The van der Waals surface area contributed by atoms with E-state index in [1.54, 1.807) is 21.3 Å². The highest BCUT2D eigenvalue weighted by atomic mass is 16.7. The van der Waals surface area contributed by atoms with Crippen LogP contribution in [0.3, 0.4) is 0 Å². The second-order valence-corrected chi connectivity index (χ2v) is 3.21. The first-order valence-electron chi connectivity index (χ1n) is 4.42. The summed E-state index contributed by atoms with van der Waals surface area (Å²) < 4.78 is 15.8. The Labute approximate surface area is 74.0 Å². The third kappa shape index (κ3) is 1.97. The van der Waals surface area contributed by atoms with Crippen molar-refractivity contribution in [1.82, 2.24) is 0 Å². The highest BCUT2D eigenvalue weighted by molar-refractivity contribution is 4.80. The van der Waals surface area contributed by atoms with E-state index in [4.69, 9.17) is 14.2 Å². The van der Waals surface area contributed by atoms with Crippen molar-refractivity contribution in [2.45, 2.75) is 31.7 Å². The second kappa shape index (κ2) is 4.80. The van der Waals surface area contributed by atoms with Gasteiger partial charge in [-0.2, -0.15) is 0 Å². The van der Waals surface area contributed by atoms with E-state index in [0.29, 0.717) is 12.0 Å². The molecule has 0 N–H and O–H groups in total. The van der Waals surface area contributed by atoms with Gasteiger partial charge in [-0.1, -0.05) is 6.42 Å². The van der Waals surface area contributed by atoms with Gasteiger partial charge in [0.15, 0.2) is 6.29 Å². The van der Waals surface area contributed by atoms with Crippen LogP contribution in [-0.4, -0.2) is 33.7 Å². The molecule has 0 heterocycles. The predicted molar refractivity (Wildman–Crippen MR) is 45.9 cm³/mol. The third-order valence-corrected chi connectivity index (χ3v) is 2.62. The van der Waals surface area contributed by atoms with Gasteiger partial charge < -0.3 is 14.2 Å². The lowest BCUT2D eigenvalue weighted by Gasteiger charge is -2.25. The van der Waals surface area contributed by atoms with E-state index < -0.39 is 0 Å². The van der Waals surface area contributed by atoms with Crippen LogP contribution in [0.25, 0.3) is 0 Å². The number of ether oxygens (including phenoxy) is 3. The van der Waals surface area contributed by atoms with Crippen LogP contribution in [0.2, 0.25) is 0 Å². The fraction of sp³-hybridized carbons (Fsp3) is 1.00. The second-order valence-electron chi connectivity index (χ2n) is 3.21. The van der Waals surface area contributed by atoms with Crippen molar-refractivity contribution in [1.29, 1.82) is 0 Å². The lowest BCUT2D eigenvalue weighted by Crippen LogP contribution is -2.31. The maximum atomic E-state index is 5.35. The number of hydrogen-bond acceptors (Lipinski definition) is 3. The molecule has 0 saturated heterocycles. The van der Waals surface area contributed by atoms with Crippen LogP contribution in [0.1, 0.15) is 19.3 Å². The number of methoxy groups -OCH3 is 3. The highest BCUT2D eigenvalue weighted by Crippen LogP contribution is 2.31. The molecule has 3 nitrogen and oxygen atoms in total. The predicted octanol–water partition coefficient (Wildman–Crippen LogP) is 1.42. The third-order valence-electron chi connectivity index (χ3n) is 2.62. The quantitative estimate of drug-likeness (QED) is 0.603. The molecule has 72 valence electrons. The van der Waals surface area contributed by atoms with Crippen molar-refractivity contribution < 1.29 is 14.2 Å². The van der Waals surface area contributed by atoms with Gasteiger partial charge in [0.1, 0.15) is 0 Å². The van der Waals surface area contributed by atoms with E-state index in [2.05, 4.69) is 0 Å². The van der Waals surface area contributed by atoms with Crippen molar-refractivity contribution in [3.8, 4) is 0 Å². The molecule has 1 saturated carbocycles. The molecule has 0 unspecified atom stereocenters. The molecule has 0 spiro atoms. The molecule has 0 aromatic rings. The molecule has 0 bridgehead atoms. The van der Waals surface area contributed by atoms with Crippen molar-refractivity contribution in [2.75, 3.05) is 21.3 Å². The van der Waals surface area contributed by atoms with Crippen molar-refractivity contribution in [3.63, 3.8) is 0 Å². The monoisotopic (exact) mass is 174 g/mol. The Morgan fingerprint density at radius 3 is 2.25 bits per heavy atom. The van der Waals surface area contributed by atoms with Gasteiger partial charge in [0, 0.05) is 27.2 Å². The molecule has 1 rings (SSSR count). The zero-order valence-electron chi connectivity index (χ0n) is 8.08. The van der Waals surface area contributed by atoms with Gasteiger partial charge in [0.25, 0.3) is 0 Å². The Morgan fingerprint density at radius 1 is 1.08 bits per heavy atom. The minimum atomic E-state index is -0.0996. The molecular weight excluding hydrogens is 156 g/mol. The zero-order valence-corrected chi connectivity index (χ0v) is 8.08. The van der Waals surface area contributed by atoms with E-state index >= 15 is 0 Å². The van der Waals surface area contributed by atoms with Gasteiger partial charge in [0.2, 0.25) is 0 Å². The maximum absolute atomic E-state index is 5.35. The molecule has 0 radical (unpaired) electrons. The van der Waals surface area contributed by atoms with Crippen LogP contribution in [0.15, 0.2) is 0 Å². The highest BCUT2D eigenvalue weighted by Gasteiger charge is 2.33. The Kier molecular flexibility index (Phi) is 3.98. The van der Waals surface area contributed by atoms with Crippen LogP contribution in [0.4, 0.5) is 0 Å². The molecule has 1 aliphatic rings. The summed E-state index contributed by atoms with van der Waals surface area (Å²) in [5, 5.41) is 0. The average molecular weight is 174 g/mol. The Morgan fingerprint density at radius 2 is 1.75 bits per heavy atom. The normalized spacial score (nSPS) is 30.0. The molecule has 3 heteroatoms. The first-order chi connectivity index (χ1) is 5.83. The summed E-state index contributed by atoms with van der Waals surface area (Å²) in [4.78, 5) is 0.